The predicted molar refractivity (Wildman–Crippen MR) is 74.3 cm³/mol. The zero-order valence-electron chi connectivity index (χ0n) is 11.0. The summed E-state index contributed by atoms with van der Waals surface area (Å²) in [7, 11) is 0. The van der Waals surface area contributed by atoms with Crippen LogP contribution in [0.15, 0.2) is 22.7 Å². The van der Waals surface area contributed by atoms with E-state index in [2.05, 4.69) is 21.2 Å². The third-order valence-electron chi connectivity index (χ3n) is 3.80. The Morgan fingerprint density at radius 3 is 2.45 bits per heavy atom. The summed E-state index contributed by atoms with van der Waals surface area (Å²) in [5.74, 6) is -0.213. The first-order chi connectivity index (χ1) is 9.22. The summed E-state index contributed by atoms with van der Waals surface area (Å²) in [5, 5.41) is 2.62. The predicted octanol–water partition coefficient (Wildman–Crippen LogP) is 4.99. The number of carbonyl (C=O) groups is 1. The largest absolute Gasteiger partial charge is 0.416 e. The Bertz CT molecular complexity index is 522. The molecular formula is C14H15BrF3NO. The first-order valence-electron chi connectivity index (χ1n) is 6.41. The molecule has 1 amide bonds. The van der Waals surface area contributed by atoms with Gasteiger partial charge in [0.05, 0.1) is 11.3 Å². The third-order valence-corrected chi connectivity index (χ3v) is 4.49. The van der Waals surface area contributed by atoms with Crippen molar-refractivity contribution in [3.05, 3.63) is 28.2 Å². The molecule has 1 N–H and O–H groups in total. The number of benzene rings is 1. The Hall–Kier alpha value is -1.04. The number of anilines is 1. The van der Waals surface area contributed by atoms with Gasteiger partial charge < -0.3 is 5.32 Å². The van der Waals surface area contributed by atoms with Crippen LogP contribution < -0.4 is 5.32 Å². The van der Waals surface area contributed by atoms with Crippen LogP contribution in [-0.2, 0) is 11.0 Å². The average Bonchev–Trinajstić information content (AvgIpc) is 2.79. The van der Waals surface area contributed by atoms with Crippen LogP contribution in [0.5, 0.6) is 0 Å². The molecule has 0 saturated heterocycles. The molecule has 2 rings (SSSR count). The Kier molecular flexibility index (Phi) is 4.14. The maximum atomic E-state index is 12.7. The van der Waals surface area contributed by atoms with Gasteiger partial charge in [0.15, 0.2) is 0 Å². The number of amides is 1. The lowest BCUT2D eigenvalue weighted by atomic mass is 9.88. The molecule has 0 unspecified atom stereocenters. The number of nitrogens with one attached hydrogen (secondary N) is 1. The molecule has 0 radical (unpaired) electrons. The number of hydrogen-bond donors (Lipinski definition) is 1. The van der Waals surface area contributed by atoms with Gasteiger partial charge in [-0.25, -0.2) is 0 Å². The molecule has 0 aromatic heterocycles. The first-order valence-corrected chi connectivity index (χ1v) is 7.20. The summed E-state index contributed by atoms with van der Waals surface area (Å²) < 4.78 is 38.5. The second-order valence-corrected chi connectivity index (χ2v) is 6.27. The van der Waals surface area contributed by atoms with Crippen molar-refractivity contribution in [1.82, 2.24) is 0 Å². The van der Waals surface area contributed by atoms with E-state index in [4.69, 9.17) is 0 Å². The van der Waals surface area contributed by atoms with E-state index in [-0.39, 0.29) is 11.6 Å². The van der Waals surface area contributed by atoms with Crippen molar-refractivity contribution < 1.29 is 18.0 Å². The van der Waals surface area contributed by atoms with Crippen molar-refractivity contribution in [2.45, 2.75) is 38.8 Å². The van der Waals surface area contributed by atoms with Gasteiger partial charge in [0.2, 0.25) is 5.91 Å². The van der Waals surface area contributed by atoms with Crippen molar-refractivity contribution in [2.75, 3.05) is 5.32 Å². The molecule has 110 valence electrons. The van der Waals surface area contributed by atoms with E-state index >= 15 is 0 Å². The molecule has 1 saturated carbocycles. The van der Waals surface area contributed by atoms with Gasteiger partial charge in [0.25, 0.3) is 0 Å². The molecule has 1 aliphatic carbocycles. The van der Waals surface area contributed by atoms with Crippen LogP contribution in [0.1, 0.15) is 38.2 Å². The Morgan fingerprint density at radius 2 is 1.90 bits per heavy atom. The van der Waals surface area contributed by atoms with Crippen LogP contribution in [0.4, 0.5) is 18.9 Å². The SMILES string of the molecule is CC1(C(=O)Nc2cc(C(F)(F)F)ccc2Br)CCCC1. The van der Waals surface area contributed by atoms with Gasteiger partial charge in [-0.2, -0.15) is 13.2 Å². The smallest absolute Gasteiger partial charge is 0.325 e. The van der Waals surface area contributed by atoms with Crippen LogP contribution in [0.25, 0.3) is 0 Å². The Balaban J connectivity index is 2.22. The summed E-state index contributed by atoms with van der Waals surface area (Å²) in [6.45, 7) is 1.86. The van der Waals surface area contributed by atoms with Gasteiger partial charge in [0.1, 0.15) is 0 Å². The van der Waals surface area contributed by atoms with Gasteiger partial charge in [-0.3, -0.25) is 4.79 Å². The highest BCUT2D eigenvalue weighted by Gasteiger charge is 2.37. The summed E-state index contributed by atoms with van der Waals surface area (Å²) in [6, 6.07) is 3.24. The Labute approximate surface area is 123 Å². The van der Waals surface area contributed by atoms with Crippen molar-refractivity contribution in [3.8, 4) is 0 Å². The number of alkyl halides is 3. The van der Waals surface area contributed by atoms with E-state index in [9.17, 15) is 18.0 Å². The molecule has 2 nitrogen and oxygen atoms in total. The molecular weight excluding hydrogens is 335 g/mol. The zero-order valence-corrected chi connectivity index (χ0v) is 12.6. The maximum absolute atomic E-state index is 12.7. The third kappa shape index (κ3) is 3.16. The van der Waals surface area contributed by atoms with E-state index in [1.807, 2.05) is 6.92 Å². The second kappa shape index (κ2) is 5.39. The average molecular weight is 350 g/mol. The summed E-state index contributed by atoms with van der Waals surface area (Å²) in [4.78, 5) is 12.2. The molecule has 6 heteroatoms. The maximum Gasteiger partial charge on any atom is 0.416 e. The minimum absolute atomic E-state index is 0.165. The molecule has 1 aromatic rings. The van der Waals surface area contributed by atoms with Crippen LogP contribution in [-0.4, -0.2) is 5.91 Å². The van der Waals surface area contributed by atoms with Gasteiger partial charge in [0, 0.05) is 9.89 Å². The Morgan fingerprint density at radius 1 is 1.30 bits per heavy atom. The van der Waals surface area contributed by atoms with Gasteiger partial charge >= 0.3 is 6.18 Å². The number of hydrogen-bond acceptors (Lipinski definition) is 1. The molecule has 0 atom stereocenters. The zero-order chi connectivity index (χ0) is 15.0. The van der Waals surface area contributed by atoms with E-state index in [1.54, 1.807) is 0 Å². The minimum atomic E-state index is -4.42. The van der Waals surface area contributed by atoms with E-state index in [1.165, 1.54) is 6.07 Å². The molecule has 1 aliphatic rings. The highest BCUT2D eigenvalue weighted by atomic mass is 79.9. The van der Waals surface area contributed by atoms with E-state index in [0.717, 1.165) is 37.8 Å². The lowest BCUT2D eigenvalue weighted by Gasteiger charge is -2.23. The summed E-state index contributed by atoms with van der Waals surface area (Å²) in [6.07, 6.45) is -0.913. The van der Waals surface area contributed by atoms with Crippen LogP contribution in [0.2, 0.25) is 0 Å². The number of halogens is 4. The van der Waals surface area contributed by atoms with Crippen LogP contribution >= 0.6 is 15.9 Å². The van der Waals surface area contributed by atoms with E-state index in [0.29, 0.717) is 4.47 Å². The van der Waals surface area contributed by atoms with Crippen molar-refractivity contribution >= 4 is 27.5 Å². The topological polar surface area (TPSA) is 29.1 Å². The molecule has 20 heavy (non-hydrogen) atoms. The second-order valence-electron chi connectivity index (χ2n) is 5.41. The standard InChI is InChI=1S/C14H15BrF3NO/c1-13(6-2-3-7-13)12(20)19-11-8-9(14(16,17)18)4-5-10(11)15/h4-5,8H,2-3,6-7H2,1H3,(H,19,20). The fraction of sp³-hybridized carbons (Fsp3) is 0.500. The minimum Gasteiger partial charge on any atom is -0.325 e. The molecule has 1 fully saturated rings. The van der Waals surface area contributed by atoms with Crippen molar-refractivity contribution in [1.29, 1.82) is 0 Å². The van der Waals surface area contributed by atoms with Gasteiger partial charge in [-0.1, -0.05) is 19.8 Å². The molecule has 0 heterocycles. The molecule has 0 bridgehead atoms. The highest BCUT2D eigenvalue weighted by molar-refractivity contribution is 9.10. The lowest BCUT2D eigenvalue weighted by molar-refractivity contribution is -0.137. The van der Waals surface area contributed by atoms with Gasteiger partial charge in [-0.05, 0) is 47.0 Å². The lowest BCUT2D eigenvalue weighted by Crippen LogP contribution is -2.31. The van der Waals surface area contributed by atoms with Gasteiger partial charge in [-0.15, -0.1) is 0 Å². The molecule has 0 aliphatic heterocycles. The quantitative estimate of drug-likeness (QED) is 0.800. The highest BCUT2D eigenvalue weighted by Crippen LogP contribution is 2.40. The van der Waals surface area contributed by atoms with Crippen molar-refractivity contribution in [2.24, 2.45) is 5.41 Å². The number of carbonyl (C=O) groups excluding carboxylic acids is 1. The number of rotatable bonds is 2. The summed E-state index contributed by atoms with van der Waals surface area (Å²) >= 11 is 3.17. The van der Waals surface area contributed by atoms with E-state index < -0.39 is 17.2 Å². The summed E-state index contributed by atoms with van der Waals surface area (Å²) in [5.41, 5.74) is -1.08. The monoisotopic (exact) mass is 349 g/mol. The molecule has 0 spiro atoms. The van der Waals surface area contributed by atoms with Crippen LogP contribution in [0, 0.1) is 5.41 Å². The fourth-order valence-electron chi connectivity index (χ4n) is 2.45. The fourth-order valence-corrected chi connectivity index (χ4v) is 2.80. The van der Waals surface area contributed by atoms with Crippen LogP contribution in [0.3, 0.4) is 0 Å². The normalized spacial score (nSPS) is 18.1. The first kappa shape index (κ1) is 15.4. The van der Waals surface area contributed by atoms with Crippen molar-refractivity contribution in [3.63, 3.8) is 0 Å². The molecule has 1 aromatic carbocycles.